The Balaban J connectivity index is 2.61. The Morgan fingerprint density at radius 3 is 2.22 bits per heavy atom. The van der Waals surface area contributed by atoms with Crippen LogP contribution >= 0.6 is 0 Å². The highest BCUT2D eigenvalue weighted by atomic mass is 16.7. The summed E-state index contributed by atoms with van der Waals surface area (Å²) in [4.78, 5) is 38.0. The Kier molecular flexibility index (Phi) is 3.83. The molecule has 7 nitrogen and oxygen atoms in total. The normalized spacial score (nSPS) is 16.4. The van der Waals surface area contributed by atoms with Gasteiger partial charge in [-0.05, 0) is 33.6 Å². The van der Waals surface area contributed by atoms with Crippen LogP contribution in [0.4, 0.5) is 4.79 Å². The first-order chi connectivity index (χ1) is 8.18. The van der Waals surface area contributed by atoms with E-state index < -0.39 is 23.3 Å². The van der Waals surface area contributed by atoms with Gasteiger partial charge in [-0.25, -0.2) is 4.79 Å². The molecule has 0 aromatic heterocycles. The lowest BCUT2D eigenvalue weighted by atomic mass is 10.2. The number of hydrogen-bond donors (Lipinski definition) is 1. The van der Waals surface area contributed by atoms with E-state index in [9.17, 15) is 14.4 Å². The molecule has 1 aliphatic carbocycles. The van der Waals surface area contributed by atoms with Crippen LogP contribution in [0.5, 0.6) is 0 Å². The molecule has 0 radical (unpaired) electrons. The molecule has 7 heteroatoms. The van der Waals surface area contributed by atoms with Gasteiger partial charge in [-0.15, -0.1) is 5.06 Å². The Morgan fingerprint density at radius 2 is 1.89 bits per heavy atom. The second-order valence-electron chi connectivity index (χ2n) is 5.17. The van der Waals surface area contributed by atoms with Gasteiger partial charge in [-0.2, -0.15) is 0 Å². The summed E-state index contributed by atoms with van der Waals surface area (Å²) < 4.78 is 5.08. The van der Waals surface area contributed by atoms with Crippen molar-refractivity contribution in [2.45, 2.75) is 51.8 Å². The molecule has 18 heavy (non-hydrogen) atoms. The van der Waals surface area contributed by atoms with Gasteiger partial charge in [0.05, 0.1) is 0 Å². The smallest absolute Gasteiger partial charge is 0.409 e. The lowest BCUT2D eigenvalue weighted by Gasteiger charge is -2.28. The number of alkyl carbamates (subject to hydrolysis) is 1. The highest BCUT2D eigenvalue weighted by Crippen LogP contribution is 2.38. The van der Waals surface area contributed by atoms with Gasteiger partial charge in [-0.3, -0.25) is 14.9 Å². The van der Waals surface area contributed by atoms with Gasteiger partial charge in [0.25, 0.3) is 0 Å². The quantitative estimate of drug-likeness (QED) is 0.461. The average Bonchev–Trinajstić information content (AvgIpc) is 2.91. The van der Waals surface area contributed by atoms with Gasteiger partial charge in [0, 0.05) is 6.92 Å². The number of hydroxylamine groups is 2. The molecule has 1 rings (SSSR count). The summed E-state index contributed by atoms with van der Waals surface area (Å²) in [5, 5.41) is 3.36. The monoisotopic (exact) mass is 258 g/mol. The van der Waals surface area contributed by atoms with Crippen molar-refractivity contribution in [3.63, 3.8) is 0 Å². The van der Waals surface area contributed by atoms with Crippen LogP contribution in [0.1, 0.15) is 40.5 Å². The molecule has 102 valence electrons. The third-order valence-corrected chi connectivity index (χ3v) is 2.20. The highest BCUT2D eigenvalue weighted by Gasteiger charge is 2.52. The molecule has 2 amide bonds. The van der Waals surface area contributed by atoms with E-state index in [1.807, 2.05) is 0 Å². The van der Waals surface area contributed by atoms with E-state index in [-0.39, 0.29) is 0 Å². The van der Waals surface area contributed by atoms with Crippen molar-refractivity contribution in [1.29, 1.82) is 0 Å². The average molecular weight is 258 g/mol. The number of hydrogen-bond acceptors (Lipinski definition) is 5. The summed E-state index contributed by atoms with van der Waals surface area (Å²) in [6, 6.07) is 0. The topological polar surface area (TPSA) is 84.9 Å². The zero-order valence-corrected chi connectivity index (χ0v) is 11.0. The fourth-order valence-corrected chi connectivity index (χ4v) is 1.36. The van der Waals surface area contributed by atoms with E-state index in [2.05, 4.69) is 5.32 Å². The zero-order chi connectivity index (χ0) is 14.0. The number of rotatable bonds is 4. The predicted molar refractivity (Wildman–Crippen MR) is 61.0 cm³/mol. The molecule has 0 aromatic carbocycles. The number of amides is 2. The zero-order valence-electron chi connectivity index (χ0n) is 11.0. The number of nitrogens with one attached hydrogen (secondary N) is 1. The highest BCUT2D eigenvalue weighted by molar-refractivity contribution is 5.71. The van der Waals surface area contributed by atoms with Crippen molar-refractivity contribution in [3.05, 3.63) is 0 Å². The summed E-state index contributed by atoms with van der Waals surface area (Å²) in [5.74, 6) is -0.626. The molecule has 0 spiro atoms. The molecule has 0 aliphatic heterocycles. The first kappa shape index (κ1) is 14.3. The van der Waals surface area contributed by atoms with Crippen molar-refractivity contribution in [3.8, 4) is 0 Å². The summed E-state index contributed by atoms with van der Waals surface area (Å²) in [5.41, 5.74) is -1.59. The second kappa shape index (κ2) is 4.83. The minimum atomic E-state index is -0.963. The summed E-state index contributed by atoms with van der Waals surface area (Å²) in [7, 11) is 0. The summed E-state index contributed by atoms with van der Waals surface area (Å²) in [6.07, 6.45) is 0.737. The molecule has 1 N–H and O–H groups in total. The first-order valence-corrected chi connectivity index (χ1v) is 5.63. The van der Waals surface area contributed by atoms with E-state index in [0.29, 0.717) is 19.3 Å². The van der Waals surface area contributed by atoms with Crippen molar-refractivity contribution in [2.75, 3.05) is 0 Å². The van der Waals surface area contributed by atoms with Crippen LogP contribution in [-0.4, -0.2) is 34.8 Å². The van der Waals surface area contributed by atoms with Crippen LogP contribution in [0.15, 0.2) is 0 Å². The van der Waals surface area contributed by atoms with Crippen molar-refractivity contribution in [1.82, 2.24) is 10.4 Å². The Hall–Kier alpha value is -1.79. The lowest BCUT2D eigenvalue weighted by Crippen LogP contribution is -2.51. The number of ether oxygens (including phenoxy) is 1. The molecular weight excluding hydrogens is 240 g/mol. The van der Waals surface area contributed by atoms with Gasteiger partial charge in [0.2, 0.25) is 6.41 Å². The third-order valence-electron chi connectivity index (χ3n) is 2.20. The van der Waals surface area contributed by atoms with Crippen LogP contribution in [0.3, 0.4) is 0 Å². The van der Waals surface area contributed by atoms with E-state index in [1.54, 1.807) is 20.8 Å². The van der Waals surface area contributed by atoms with Gasteiger partial charge < -0.3 is 9.57 Å². The van der Waals surface area contributed by atoms with Gasteiger partial charge in [-0.1, -0.05) is 0 Å². The van der Waals surface area contributed by atoms with E-state index in [0.717, 1.165) is 5.06 Å². The van der Waals surface area contributed by atoms with Gasteiger partial charge >= 0.3 is 12.1 Å². The van der Waals surface area contributed by atoms with Crippen LogP contribution in [0.25, 0.3) is 0 Å². The molecule has 0 atom stereocenters. The maximum atomic E-state index is 11.6. The lowest BCUT2D eigenvalue weighted by molar-refractivity contribution is -0.203. The molecule has 0 saturated heterocycles. The molecular formula is C11H18N2O5. The summed E-state index contributed by atoms with van der Waals surface area (Å²) >= 11 is 0. The minimum absolute atomic E-state index is 0.367. The summed E-state index contributed by atoms with van der Waals surface area (Å²) in [6.45, 7) is 6.38. The fraction of sp³-hybridized carbons (Fsp3) is 0.727. The predicted octanol–water partition coefficient (Wildman–Crippen LogP) is 0.938. The van der Waals surface area contributed by atoms with Crippen LogP contribution < -0.4 is 5.32 Å². The van der Waals surface area contributed by atoms with Crippen LogP contribution in [0, 0.1) is 0 Å². The second-order valence-corrected chi connectivity index (χ2v) is 5.17. The Labute approximate surface area is 105 Å². The Bertz CT molecular complexity index is 357. The number of carbonyl (C=O) groups is 3. The molecule has 1 saturated carbocycles. The number of carbonyl (C=O) groups excluding carboxylic acids is 3. The maximum absolute atomic E-state index is 11.6. The van der Waals surface area contributed by atoms with Gasteiger partial charge in [0.1, 0.15) is 5.60 Å². The third kappa shape index (κ3) is 3.90. The van der Waals surface area contributed by atoms with Crippen LogP contribution in [0.2, 0.25) is 0 Å². The van der Waals surface area contributed by atoms with Crippen molar-refractivity contribution < 1.29 is 24.0 Å². The molecule has 1 fully saturated rings. The molecule has 1 aliphatic rings. The Morgan fingerprint density at radius 1 is 1.33 bits per heavy atom. The molecule has 0 aromatic rings. The van der Waals surface area contributed by atoms with Gasteiger partial charge in [0.15, 0.2) is 5.66 Å². The van der Waals surface area contributed by atoms with E-state index in [1.165, 1.54) is 6.92 Å². The SMILES string of the molecule is CC(=O)ON(C=O)C1(NC(=O)OC(C)(C)C)CC1. The van der Waals surface area contributed by atoms with E-state index in [4.69, 9.17) is 9.57 Å². The molecule has 0 bridgehead atoms. The first-order valence-electron chi connectivity index (χ1n) is 5.63. The largest absolute Gasteiger partial charge is 0.444 e. The molecule has 0 unspecified atom stereocenters. The standard InChI is InChI=1S/C11H18N2O5/c1-8(15)18-13(7-14)11(5-6-11)12-9(16)17-10(2,3)4/h7H,5-6H2,1-4H3,(H,12,16). The minimum Gasteiger partial charge on any atom is -0.444 e. The van der Waals surface area contributed by atoms with Crippen molar-refractivity contribution in [2.24, 2.45) is 0 Å². The maximum Gasteiger partial charge on any atom is 0.409 e. The molecule has 0 heterocycles. The fourth-order valence-electron chi connectivity index (χ4n) is 1.36. The number of nitrogens with zero attached hydrogens (tertiary/aromatic N) is 1. The van der Waals surface area contributed by atoms with E-state index >= 15 is 0 Å². The van der Waals surface area contributed by atoms with Crippen molar-refractivity contribution >= 4 is 18.5 Å². The van der Waals surface area contributed by atoms with Crippen LogP contribution in [-0.2, 0) is 19.2 Å².